The zero-order valence-corrected chi connectivity index (χ0v) is 15.4. The van der Waals surface area contributed by atoms with E-state index in [1.165, 1.54) is 19.3 Å². The van der Waals surface area contributed by atoms with Crippen molar-refractivity contribution in [3.05, 3.63) is 46.0 Å². The van der Waals surface area contributed by atoms with E-state index in [1.807, 2.05) is 6.07 Å². The lowest BCUT2D eigenvalue weighted by atomic mass is 9.79. The number of benzene rings is 1. The first-order valence-electron chi connectivity index (χ1n) is 8.33. The molecule has 0 unspecified atom stereocenters. The van der Waals surface area contributed by atoms with Gasteiger partial charge in [-0.1, -0.05) is 41.4 Å². The maximum Gasteiger partial charge on any atom is 0.187 e. The molecule has 126 valence electrons. The number of hydrogen-bond acceptors (Lipinski definition) is 2. The monoisotopic (exact) mass is 379 g/mol. The van der Waals surface area contributed by atoms with E-state index in [0.29, 0.717) is 21.2 Å². The summed E-state index contributed by atoms with van der Waals surface area (Å²) in [7, 11) is 0. The highest BCUT2D eigenvalue weighted by Gasteiger charge is 2.52. The first-order chi connectivity index (χ1) is 11.6. The van der Waals surface area contributed by atoms with Crippen LogP contribution in [-0.4, -0.2) is 17.4 Å². The lowest BCUT2D eigenvalue weighted by Gasteiger charge is -2.32. The van der Waals surface area contributed by atoms with Crippen LogP contribution in [0.15, 0.2) is 35.5 Å². The standard InChI is InChI=1S/C18H19Cl2N3S/c19-15-5-4-10(6-16(15)20)9-21-23-18(24)22-17-8-11-7-14(17)13-3-1-2-12(11)13/h1,3-6,9,11-14,17H,2,7-8H2,(H2,22,23,24)/b21-9-/t11-,12+,13-,14-,17-/m1/s1. The predicted molar refractivity (Wildman–Crippen MR) is 104 cm³/mol. The number of fused-ring (bicyclic) bond motifs is 5. The van der Waals surface area contributed by atoms with Gasteiger partial charge < -0.3 is 5.32 Å². The van der Waals surface area contributed by atoms with E-state index in [2.05, 4.69) is 28.0 Å². The van der Waals surface area contributed by atoms with Gasteiger partial charge in [-0.05, 0) is 72.8 Å². The van der Waals surface area contributed by atoms with Crippen molar-refractivity contribution in [3.8, 4) is 0 Å². The number of thiocarbonyl (C=S) groups is 1. The van der Waals surface area contributed by atoms with Crippen LogP contribution in [0.5, 0.6) is 0 Å². The molecule has 2 bridgehead atoms. The maximum absolute atomic E-state index is 5.99. The van der Waals surface area contributed by atoms with Gasteiger partial charge in [-0.15, -0.1) is 0 Å². The van der Waals surface area contributed by atoms with Crippen LogP contribution in [0.2, 0.25) is 10.0 Å². The van der Waals surface area contributed by atoms with Crippen LogP contribution in [0, 0.1) is 23.7 Å². The molecule has 0 amide bonds. The van der Waals surface area contributed by atoms with E-state index in [9.17, 15) is 0 Å². The minimum atomic E-state index is 0.471. The largest absolute Gasteiger partial charge is 0.358 e. The highest BCUT2D eigenvalue weighted by atomic mass is 35.5. The normalized spacial score (nSPS) is 33.2. The predicted octanol–water partition coefficient (Wildman–Crippen LogP) is 4.39. The van der Waals surface area contributed by atoms with Crippen LogP contribution in [-0.2, 0) is 0 Å². The molecular weight excluding hydrogens is 361 g/mol. The minimum absolute atomic E-state index is 0.471. The zero-order valence-electron chi connectivity index (χ0n) is 13.1. The Morgan fingerprint density at radius 2 is 2.08 bits per heavy atom. The molecule has 0 heterocycles. The molecule has 1 aromatic carbocycles. The molecule has 3 aliphatic rings. The number of allylic oxidation sites excluding steroid dienone is 2. The van der Waals surface area contributed by atoms with Crippen LogP contribution in [0.3, 0.4) is 0 Å². The summed E-state index contributed by atoms with van der Waals surface area (Å²) in [5.41, 5.74) is 3.78. The van der Waals surface area contributed by atoms with Gasteiger partial charge in [-0.2, -0.15) is 5.10 Å². The van der Waals surface area contributed by atoms with Crippen molar-refractivity contribution in [3.63, 3.8) is 0 Å². The average Bonchev–Trinajstić information content (AvgIpc) is 3.23. The summed E-state index contributed by atoms with van der Waals surface area (Å²) in [5.74, 6) is 3.22. The summed E-state index contributed by atoms with van der Waals surface area (Å²) in [6.45, 7) is 0. The van der Waals surface area contributed by atoms with Crippen LogP contribution >= 0.6 is 35.4 Å². The number of nitrogens with one attached hydrogen (secondary N) is 2. The molecule has 0 aliphatic heterocycles. The molecule has 24 heavy (non-hydrogen) atoms. The van der Waals surface area contributed by atoms with Crippen LogP contribution < -0.4 is 10.7 Å². The van der Waals surface area contributed by atoms with Crippen molar-refractivity contribution in [1.29, 1.82) is 0 Å². The van der Waals surface area contributed by atoms with Crippen molar-refractivity contribution in [1.82, 2.24) is 10.7 Å². The summed E-state index contributed by atoms with van der Waals surface area (Å²) in [4.78, 5) is 0. The third kappa shape index (κ3) is 3.07. The van der Waals surface area contributed by atoms with Gasteiger partial charge in [0, 0.05) is 6.04 Å². The SMILES string of the molecule is S=C(N/N=C\c1ccc(Cl)c(Cl)c1)N[C@@H]1C[C@H]2C[C@@H]1[C@@H]1C=CC[C@@H]21. The summed E-state index contributed by atoms with van der Waals surface area (Å²) < 4.78 is 0. The lowest BCUT2D eigenvalue weighted by Crippen LogP contribution is -2.45. The Bertz CT molecular complexity index is 718. The topological polar surface area (TPSA) is 36.4 Å². The first kappa shape index (κ1) is 16.4. The van der Waals surface area contributed by atoms with Gasteiger partial charge >= 0.3 is 0 Å². The molecule has 6 heteroatoms. The van der Waals surface area contributed by atoms with Crippen molar-refractivity contribution < 1.29 is 0 Å². The third-order valence-corrected chi connectivity index (χ3v) is 6.60. The lowest BCUT2D eigenvalue weighted by molar-refractivity contribution is 0.246. The fraction of sp³-hybridized carbons (Fsp3) is 0.444. The molecule has 3 aliphatic carbocycles. The van der Waals surface area contributed by atoms with Crippen molar-refractivity contribution >= 4 is 46.7 Å². The number of halogens is 2. The van der Waals surface area contributed by atoms with Crippen molar-refractivity contribution in [2.45, 2.75) is 25.3 Å². The van der Waals surface area contributed by atoms with Crippen LogP contribution in [0.4, 0.5) is 0 Å². The number of nitrogens with zero attached hydrogens (tertiary/aromatic N) is 1. The van der Waals surface area contributed by atoms with E-state index in [4.69, 9.17) is 35.4 Å². The first-order valence-corrected chi connectivity index (χ1v) is 9.49. The van der Waals surface area contributed by atoms with Gasteiger partial charge in [0.1, 0.15) is 0 Å². The van der Waals surface area contributed by atoms with Gasteiger partial charge in [0.25, 0.3) is 0 Å². The molecule has 2 fully saturated rings. The second-order valence-electron chi connectivity index (χ2n) is 6.92. The summed E-state index contributed by atoms with van der Waals surface area (Å²) in [6, 6.07) is 5.86. The van der Waals surface area contributed by atoms with Gasteiger partial charge in [-0.25, -0.2) is 0 Å². The minimum Gasteiger partial charge on any atom is -0.358 e. The Morgan fingerprint density at radius 3 is 2.92 bits per heavy atom. The molecular formula is C18H19Cl2N3S. The zero-order chi connectivity index (χ0) is 16.7. The fourth-order valence-corrected chi connectivity index (χ4v) is 5.18. The highest BCUT2D eigenvalue weighted by molar-refractivity contribution is 7.80. The highest BCUT2D eigenvalue weighted by Crippen LogP contribution is 2.56. The van der Waals surface area contributed by atoms with E-state index in [0.717, 1.165) is 29.2 Å². The maximum atomic E-state index is 5.99. The molecule has 0 saturated heterocycles. The fourth-order valence-electron chi connectivity index (χ4n) is 4.67. The molecule has 0 radical (unpaired) electrons. The number of rotatable bonds is 3. The van der Waals surface area contributed by atoms with E-state index in [1.54, 1.807) is 18.3 Å². The average molecular weight is 380 g/mol. The van der Waals surface area contributed by atoms with Gasteiger partial charge in [0.2, 0.25) is 0 Å². The molecule has 0 spiro atoms. The molecule has 2 N–H and O–H groups in total. The summed E-state index contributed by atoms with van der Waals surface area (Å²) >= 11 is 17.3. The molecule has 5 atom stereocenters. The van der Waals surface area contributed by atoms with Crippen molar-refractivity contribution in [2.24, 2.45) is 28.8 Å². The smallest absolute Gasteiger partial charge is 0.187 e. The van der Waals surface area contributed by atoms with Gasteiger partial charge in [0.15, 0.2) is 5.11 Å². The Balaban J connectivity index is 1.30. The molecule has 3 nitrogen and oxygen atoms in total. The Morgan fingerprint density at radius 1 is 1.21 bits per heavy atom. The number of hydrazone groups is 1. The quantitative estimate of drug-likeness (QED) is 0.353. The summed E-state index contributed by atoms with van der Waals surface area (Å²) in [5, 5.41) is 9.28. The molecule has 0 aromatic heterocycles. The molecule has 2 saturated carbocycles. The Hall–Kier alpha value is -1.10. The van der Waals surface area contributed by atoms with E-state index >= 15 is 0 Å². The van der Waals surface area contributed by atoms with Crippen LogP contribution in [0.1, 0.15) is 24.8 Å². The van der Waals surface area contributed by atoms with E-state index in [-0.39, 0.29) is 0 Å². The van der Waals surface area contributed by atoms with E-state index < -0.39 is 0 Å². The second kappa shape index (κ2) is 6.66. The number of hydrogen-bond donors (Lipinski definition) is 2. The molecule has 4 rings (SSSR count). The molecule has 1 aromatic rings. The Labute approximate surface area is 157 Å². The summed E-state index contributed by atoms with van der Waals surface area (Å²) in [6.07, 6.45) is 10.3. The van der Waals surface area contributed by atoms with Crippen LogP contribution in [0.25, 0.3) is 0 Å². The third-order valence-electron chi connectivity index (χ3n) is 5.65. The van der Waals surface area contributed by atoms with Gasteiger partial charge in [-0.3, -0.25) is 5.43 Å². The second-order valence-corrected chi connectivity index (χ2v) is 8.15. The van der Waals surface area contributed by atoms with Crippen molar-refractivity contribution in [2.75, 3.05) is 0 Å². The van der Waals surface area contributed by atoms with Gasteiger partial charge in [0.05, 0.1) is 16.3 Å². The Kier molecular flexibility index (Phi) is 4.54.